The highest BCUT2D eigenvalue weighted by molar-refractivity contribution is 7.89. The molecule has 2 aromatic rings. The molecule has 0 radical (unpaired) electrons. The Labute approximate surface area is 134 Å². The van der Waals surface area contributed by atoms with Crippen molar-refractivity contribution in [2.24, 2.45) is 5.14 Å². The second kappa shape index (κ2) is 6.67. The van der Waals surface area contributed by atoms with Crippen molar-refractivity contribution in [1.29, 1.82) is 0 Å². The van der Waals surface area contributed by atoms with Gasteiger partial charge < -0.3 is 15.7 Å². The molecule has 2 amide bonds. The van der Waals surface area contributed by atoms with E-state index in [2.05, 4.69) is 10.6 Å². The van der Waals surface area contributed by atoms with Crippen molar-refractivity contribution in [3.8, 4) is 5.75 Å². The Bertz CT molecular complexity index is 817. The van der Waals surface area contributed by atoms with Crippen molar-refractivity contribution in [2.75, 3.05) is 10.6 Å². The normalized spacial score (nSPS) is 11.0. The van der Waals surface area contributed by atoms with Crippen molar-refractivity contribution in [3.05, 3.63) is 48.0 Å². The summed E-state index contributed by atoms with van der Waals surface area (Å²) in [6, 6.07) is 10.0. The lowest BCUT2D eigenvalue weighted by Crippen LogP contribution is -2.20. The van der Waals surface area contributed by atoms with Crippen LogP contribution in [0.1, 0.15) is 12.5 Å². The van der Waals surface area contributed by atoms with E-state index in [-0.39, 0.29) is 16.3 Å². The molecule has 2 aromatic carbocycles. The topological polar surface area (TPSA) is 122 Å². The number of sulfonamides is 1. The van der Waals surface area contributed by atoms with Gasteiger partial charge in [-0.3, -0.25) is 0 Å². The average Bonchev–Trinajstić information content (AvgIpc) is 2.49. The maximum Gasteiger partial charge on any atom is 0.323 e. The van der Waals surface area contributed by atoms with Gasteiger partial charge in [-0.25, -0.2) is 18.4 Å². The van der Waals surface area contributed by atoms with Gasteiger partial charge in [0.1, 0.15) is 5.75 Å². The monoisotopic (exact) mass is 335 g/mol. The Hall–Kier alpha value is -2.58. The molecule has 0 aliphatic heterocycles. The quantitative estimate of drug-likeness (QED) is 0.640. The van der Waals surface area contributed by atoms with Gasteiger partial charge in [-0.15, -0.1) is 0 Å². The number of rotatable bonds is 4. The number of carbonyl (C=O) groups is 1. The number of anilines is 2. The van der Waals surface area contributed by atoms with Crippen molar-refractivity contribution in [2.45, 2.75) is 18.2 Å². The number of phenolic OH excluding ortho intramolecular Hbond substituents is 1. The van der Waals surface area contributed by atoms with Crippen LogP contribution in [0.5, 0.6) is 5.75 Å². The summed E-state index contributed by atoms with van der Waals surface area (Å²) >= 11 is 0. The number of phenols is 1. The molecule has 122 valence electrons. The fraction of sp³-hybridized carbons (Fsp3) is 0.133. The number of nitrogens with one attached hydrogen (secondary N) is 2. The van der Waals surface area contributed by atoms with Crippen LogP contribution in [0.3, 0.4) is 0 Å². The molecule has 8 heteroatoms. The summed E-state index contributed by atoms with van der Waals surface area (Å²) in [5.74, 6) is -0.270. The number of amides is 2. The Morgan fingerprint density at radius 3 is 2.35 bits per heavy atom. The lowest BCUT2D eigenvalue weighted by molar-refractivity contribution is 0.262. The lowest BCUT2D eigenvalue weighted by atomic mass is 10.1. The number of nitrogens with two attached hydrogens (primary N) is 1. The van der Waals surface area contributed by atoms with Gasteiger partial charge in [-0.2, -0.15) is 0 Å². The molecule has 0 aliphatic rings. The first kappa shape index (κ1) is 16.8. The molecule has 23 heavy (non-hydrogen) atoms. The van der Waals surface area contributed by atoms with Crippen LogP contribution in [-0.2, 0) is 16.4 Å². The number of primary sulfonamides is 1. The molecule has 0 unspecified atom stereocenters. The number of hydrogen-bond donors (Lipinski definition) is 4. The summed E-state index contributed by atoms with van der Waals surface area (Å²) in [7, 11) is -3.93. The van der Waals surface area contributed by atoms with Gasteiger partial charge >= 0.3 is 6.03 Å². The average molecular weight is 335 g/mol. The van der Waals surface area contributed by atoms with E-state index in [1.54, 1.807) is 12.1 Å². The van der Waals surface area contributed by atoms with Gasteiger partial charge in [0.15, 0.2) is 0 Å². The van der Waals surface area contributed by atoms with Crippen molar-refractivity contribution < 1.29 is 18.3 Å². The van der Waals surface area contributed by atoms with Crippen LogP contribution in [0.25, 0.3) is 0 Å². The summed E-state index contributed by atoms with van der Waals surface area (Å²) in [6.45, 7) is 2.02. The fourth-order valence-corrected chi connectivity index (χ4v) is 2.44. The SMILES string of the molecule is CCc1ccc(NC(=O)Nc2cc(S(N)(=O)=O)ccc2O)cc1. The number of hydrogen-bond acceptors (Lipinski definition) is 4. The predicted octanol–water partition coefficient (Wildman–Crippen LogP) is 2.25. The first-order chi connectivity index (χ1) is 10.8. The van der Waals surface area contributed by atoms with Crippen LogP contribution in [0.15, 0.2) is 47.4 Å². The Morgan fingerprint density at radius 1 is 1.13 bits per heavy atom. The molecule has 0 fully saturated rings. The highest BCUT2D eigenvalue weighted by Crippen LogP contribution is 2.26. The molecule has 0 atom stereocenters. The van der Waals surface area contributed by atoms with Gasteiger partial charge in [0, 0.05) is 5.69 Å². The Morgan fingerprint density at radius 2 is 1.78 bits per heavy atom. The third-order valence-electron chi connectivity index (χ3n) is 3.16. The first-order valence-electron chi connectivity index (χ1n) is 6.82. The second-order valence-electron chi connectivity index (χ2n) is 4.85. The Kier molecular flexibility index (Phi) is 4.87. The Balaban J connectivity index is 2.13. The second-order valence-corrected chi connectivity index (χ2v) is 6.41. The van der Waals surface area contributed by atoms with Crippen molar-refractivity contribution >= 4 is 27.4 Å². The predicted molar refractivity (Wildman–Crippen MR) is 87.9 cm³/mol. The maximum absolute atomic E-state index is 11.9. The summed E-state index contributed by atoms with van der Waals surface area (Å²) in [5, 5.41) is 19.7. The molecule has 0 bridgehead atoms. The van der Waals surface area contributed by atoms with Crippen molar-refractivity contribution in [3.63, 3.8) is 0 Å². The minimum absolute atomic E-state index is 0.0563. The third-order valence-corrected chi connectivity index (χ3v) is 4.08. The zero-order valence-corrected chi connectivity index (χ0v) is 13.2. The van der Waals surface area contributed by atoms with Crippen LogP contribution < -0.4 is 15.8 Å². The van der Waals surface area contributed by atoms with Gasteiger partial charge in [-0.05, 0) is 42.3 Å². The molecule has 0 spiro atoms. The van der Waals surface area contributed by atoms with E-state index in [4.69, 9.17) is 5.14 Å². The highest BCUT2D eigenvalue weighted by atomic mass is 32.2. The van der Waals surface area contributed by atoms with E-state index in [0.29, 0.717) is 5.69 Å². The van der Waals surface area contributed by atoms with Gasteiger partial charge in [0.05, 0.1) is 10.6 Å². The van der Waals surface area contributed by atoms with E-state index < -0.39 is 16.1 Å². The van der Waals surface area contributed by atoms with Gasteiger partial charge in [0.25, 0.3) is 0 Å². The largest absolute Gasteiger partial charge is 0.506 e. The summed E-state index contributed by atoms with van der Waals surface area (Å²) in [6.07, 6.45) is 0.890. The van der Waals surface area contributed by atoms with Crippen molar-refractivity contribution in [1.82, 2.24) is 0 Å². The highest BCUT2D eigenvalue weighted by Gasteiger charge is 2.13. The standard InChI is InChI=1S/C15H17N3O4S/c1-2-10-3-5-11(6-4-10)17-15(20)18-13-9-12(23(16,21)22)7-8-14(13)19/h3-9,19H,2H2,1H3,(H2,16,21,22)(H2,17,18,20). The van der Waals surface area contributed by atoms with E-state index in [0.717, 1.165) is 30.2 Å². The minimum Gasteiger partial charge on any atom is -0.506 e. The van der Waals surface area contributed by atoms with Gasteiger partial charge in [0.2, 0.25) is 10.0 Å². The summed E-state index contributed by atoms with van der Waals surface area (Å²) in [4.78, 5) is 11.7. The van der Waals surface area contributed by atoms with E-state index in [1.807, 2.05) is 19.1 Å². The molecule has 5 N–H and O–H groups in total. The summed E-state index contributed by atoms with van der Waals surface area (Å²) < 4.78 is 22.6. The van der Waals surface area contributed by atoms with Crippen LogP contribution in [0.2, 0.25) is 0 Å². The zero-order valence-electron chi connectivity index (χ0n) is 12.4. The number of carbonyl (C=O) groups excluding carboxylic acids is 1. The maximum atomic E-state index is 11.9. The van der Waals surface area contributed by atoms with Crippen LogP contribution in [0.4, 0.5) is 16.2 Å². The number of benzene rings is 2. The zero-order chi connectivity index (χ0) is 17.0. The molecule has 0 saturated heterocycles. The molecule has 0 aliphatic carbocycles. The molecule has 2 rings (SSSR count). The lowest BCUT2D eigenvalue weighted by Gasteiger charge is -2.10. The fourth-order valence-electron chi connectivity index (χ4n) is 1.90. The number of aryl methyl sites for hydroxylation is 1. The van der Waals surface area contributed by atoms with Crippen LogP contribution in [-0.4, -0.2) is 19.6 Å². The van der Waals surface area contributed by atoms with E-state index in [9.17, 15) is 18.3 Å². The number of aromatic hydroxyl groups is 1. The van der Waals surface area contributed by atoms with Gasteiger partial charge in [-0.1, -0.05) is 19.1 Å². The molecule has 0 saturated carbocycles. The minimum atomic E-state index is -3.93. The molecular formula is C15H17N3O4S. The number of urea groups is 1. The van der Waals surface area contributed by atoms with E-state index >= 15 is 0 Å². The molecule has 0 aromatic heterocycles. The molecule has 0 heterocycles. The van der Waals surface area contributed by atoms with Crippen LogP contribution in [0, 0.1) is 0 Å². The first-order valence-corrected chi connectivity index (χ1v) is 8.37. The van der Waals surface area contributed by atoms with Crippen LogP contribution >= 0.6 is 0 Å². The third kappa shape index (κ3) is 4.44. The molecular weight excluding hydrogens is 318 g/mol. The smallest absolute Gasteiger partial charge is 0.323 e. The van der Waals surface area contributed by atoms with E-state index in [1.165, 1.54) is 0 Å². The molecule has 7 nitrogen and oxygen atoms in total. The summed E-state index contributed by atoms with van der Waals surface area (Å²) in [5.41, 5.74) is 1.65.